The normalized spacial score (nSPS) is 17.4. The molecule has 3 aromatic heterocycles. The van der Waals surface area contributed by atoms with Gasteiger partial charge < -0.3 is 10.0 Å². The number of rotatable bonds is 7. The Labute approximate surface area is 242 Å². The van der Waals surface area contributed by atoms with E-state index in [1.807, 2.05) is 6.07 Å². The zero-order valence-electron chi connectivity index (χ0n) is 21.9. The molecule has 0 radical (unpaired) electrons. The van der Waals surface area contributed by atoms with E-state index in [4.69, 9.17) is 11.6 Å². The van der Waals surface area contributed by atoms with Crippen molar-refractivity contribution in [1.82, 2.24) is 24.2 Å². The molecule has 1 aromatic carbocycles. The van der Waals surface area contributed by atoms with E-state index in [2.05, 4.69) is 16.1 Å². The number of hydrogen-bond acceptors (Lipinski definition) is 6. The first kappa shape index (κ1) is 27.9. The lowest BCUT2D eigenvalue weighted by Gasteiger charge is -2.38. The number of likely N-dealkylation sites (tertiary alicyclic amines) is 1. The standard InChI is InChI=1S/C28H27ClF3N5O3S/c29-20-11-17(10-16-2-1-3-18(16)20)25-24-19(13-41-25)27(39)36(15-33-24)14-28(40)5-8-35(9-6-28)23(38)12-21(26(31)32)37-7-4-22(30)34-37/h4,7,10-11,13,15,21,26,40H,1-3,5-6,8-9,12,14H2. The predicted molar refractivity (Wildman–Crippen MR) is 149 cm³/mol. The minimum Gasteiger partial charge on any atom is -0.388 e. The van der Waals surface area contributed by atoms with Crippen molar-refractivity contribution in [3.05, 3.63) is 68.6 Å². The summed E-state index contributed by atoms with van der Waals surface area (Å²) in [6.45, 7) is 0.245. The van der Waals surface area contributed by atoms with E-state index in [1.165, 1.54) is 38.3 Å². The topological polar surface area (TPSA) is 93.2 Å². The van der Waals surface area contributed by atoms with Crippen LogP contribution in [0.25, 0.3) is 21.3 Å². The Kier molecular flexibility index (Phi) is 7.41. The first-order chi connectivity index (χ1) is 19.6. The van der Waals surface area contributed by atoms with Gasteiger partial charge in [-0.25, -0.2) is 13.8 Å². The van der Waals surface area contributed by atoms with Crippen LogP contribution in [0, 0.1) is 5.95 Å². The summed E-state index contributed by atoms with van der Waals surface area (Å²) >= 11 is 7.96. The molecule has 216 valence electrons. The quantitative estimate of drug-likeness (QED) is 0.325. The highest BCUT2D eigenvalue weighted by Crippen LogP contribution is 2.38. The maximum atomic E-state index is 13.6. The fourth-order valence-electron chi connectivity index (χ4n) is 5.82. The van der Waals surface area contributed by atoms with Crippen molar-refractivity contribution in [3.63, 3.8) is 0 Å². The van der Waals surface area contributed by atoms with Gasteiger partial charge in [0.1, 0.15) is 6.04 Å². The van der Waals surface area contributed by atoms with E-state index >= 15 is 0 Å². The monoisotopic (exact) mass is 605 g/mol. The molecule has 2 aliphatic rings. The molecule has 41 heavy (non-hydrogen) atoms. The molecule has 13 heteroatoms. The van der Waals surface area contributed by atoms with Crippen molar-refractivity contribution < 1.29 is 23.1 Å². The van der Waals surface area contributed by atoms with Crippen LogP contribution < -0.4 is 5.56 Å². The Morgan fingerprint density at radius 3 is 2.71 bits per heavy atom. The number of amides is 1. The molecule has 4 aromatic rings. The maximum Gasteiger partial charge on any atom is 0.262 e. The van der Waals surface area contributed by atoms with Gasteiger partial charge in [0.25, 0.3) is 12.0 Å². The number of fused-ring (bicyclic) bond motifs is 2. The van der Waals surface area contributed by atoms with Crippen molar-refractivity contribution in [2.45, 2.75) is 63.1 Å². The highest BCUT2D eigenvalue weighted by molar-refractivity contribution is 7.15. The van der Waals surface area contributed by atoms with Crippen LogP contribution in [0.4, 0.5) is 13.2 Å². The molecule has 0 spiro atoms. The second kappa shape index (κ2) is 10.9. The summed E-state index contributed by atoms with van der Waals surface area (Å²) < 4.78 is 42.5. The maximum absolute atomic E-state index is 13.6. The fourth-order valence-corrected chi connectivity index (χ4v) is 7.13. The smallest absolute Gasteiger partial charge is 0.262 e. The van der Waals surface area contributed by atoms with Crippen LogP contribution in [0.5, 0.6) is 0 Å². The van der Waals surface area contributed by atoms with E-state index in [0.29, 0.717) is 10.9 Å². The number of thiophene rings is 1. The second-order valence-corrected chi connectivity index (χ2v) is 12.1. The Bertz CT molecular complexity index is 1680. The van der Waals surface area contributed by atoms with Crippen LogP contribution in [0.2, 0.25) is 5.02 Å². The van der Waals surface area contributed by atoms with Crippen molar-refractivity contribution in [2.75, 3.05) is 13.1 Å². The Balaban J connectivity index is 1.14. The molecule has 4 heterocycles. The molecule has 1 fully saturated rings. The van der Waals surface area contributed by atoms with Gasteiger partial charge in [-0.05, 0) is 60.9 Å². The van der Waals surface area contributed by atoms with Gasteiger partial charge in [-0.2, -0.15) is 4.39 Å². The number of aliphatic hydroxyl groups is 1. The van der Waals surface area contributed by atoms with Crippen LogP contribution in [0.3, 0.4) is 0 Å². The lowest BCUT2D eigenvalue weighted by atomic mass is 9.91. The number of hydrogen-bond donors (Lipinski definition) is 1. The van der Waals surface area contributed by atoms with Gasteiger partial charge in [0.15, 0.2) is 0 Å². The highest BCUT2D eigenvalue weighted by Gasteiger charge is 2.36. The molecule has 1 unspecified atom stereocenters. The lowest BCUT2D eigenvalue weighted by molar-refractivity contribution is -0.138. The molecule has 1 aliphatic heterocycles. The molecule has 8 nitrogen and oxygen atoms in total. The van der Waals surface area contributed by atoms with E-state index in [1.54, 1.807) is 5.38 Å². The average molecular weight is 606 g/mol. The number of carbonyl (C=O) groups excluding carboxylic acids is 1. The summed E-state index contributed by atoms with van der Waals surface area (Å²) in [5.74, 6) is -1.44. The molecule has 1 saturated heterocycles. The molecule has 6 rings (SSSR count). The average Bonchev–Trinajstić information content (AvgIpc) is 3.69. The van der Waals surface area contributed by atoms with Gasteiger partial charge in [-0.15, -0.1) is 16.4 Å². The summed E-state index contributed by atoms with van der Waals surface area (Å²) in [5, 5.41) is 17.6. The zero-order valence-corrected chi connectivity index (χ0v) is 23.5. The molecular formula is C28H27ClF3N5O3S. The Morgan fingerprint density at radius 1 is 1.22 bits per heavy atom. The van der Waals surface area contributed by atoms with Crippen molar-refractivity contribution in [2.24, 2.45) is 0 Å². The number of alkyl halides is 2. The number of aromatic nitrogens is 4. The number of nitrogens with zero attached hydrogens (tertiary/aromatic N) is 5. The highest BCUT2D eigenvalue weighted by atomic mass is 35.5. The zero-order chi connectivity index (χ0) is 28.9. The summed E-state index contributed by atoms with van der Waals surface area (Å²) in [6, 6.07) is 3.42. The van der Waals surface area contributed by atoms with E-state index in [-0.39, 0.29) is 38.0 Å². The van der Waals surface area contributed by atoms with Crippen LogP contribution in [-0.2, 0) is 24.2 Å². The Morgan fingerprint density at radius 2 is 2.00 bits per heavy atom. The molecule has 1 atom stereocenters. The van der Waals surface area contributed by atoms with Crippen molar-refractivity contribution in [3.8, 4) is 10.4 Å². The van der Waals surface area contributed by atoms with Crippen molar-refractivity contribution in [1.29, 1.82) is 0 Å². The summed E-state index contributed by atoms with van der Waals surface area (Å²) in [5.41, 5.74) is 2.38. The minimum absolute atomic E-state index is 0.0150. The van der Waals surface area contributed by atoms with Gasteiger partial charge in [-0.3, -0.25) is 18.8 Å². The van der Waals surface area contributed by atoms with E-state index < -0.39 is 36.3 Å². The minimum atomic E-state index is -2.91. The van der Waals surface area contributed by atoms with Crippen LogP contribution in [0.1, 0.15) is 42.9 Å². The molecule has 0 saturated carbocycles. The fraction of sp³-hybridized carbons (Fsp3) is 0.429. The number of piperidine rings is 1. The van der Waals surface area contributed by atoms with Crippen molar-refractivity contribution >= 4 is 39.7 Å². The first-order valence-corrected chi connectivity index (χ1v) is 14.6. The lowest BCUT2D eigenvalue weighted by Crippen LogP contribution is -2.50. The first-order valence-electron chi connectivity index (χ1n) is 13.4. The second-order valence-electron chi connectivity index (χ2n) is 10.8. The van der Waals surface area contributed by atoms with E-state index in [0.717, 1.165) is 51.7 Å². The molecule has 1 amide bonds. The number of aryl methyl sites for hydroxylation is 1. The van der Waals surface area contributed by atoms with Gasteiger partial charge in [0, 0.05) is 35.8 Å². The molecular weight excluding hydrogens is 579 g/mol. The predicted octanol–water partition coefficient (Wildman–Crippen LogP) is 4.85. The summed E-state index contributed by atoms with van der Waals surface area (Å²) in [6.07, 6.45) is 2.38. The van der Waals surface area contributed by atoms with Gasteiger partial charge in [0.05, 0.1) is 40.7 Å². The van der Waals surface area contributed by atoms with Gasteiger partial charge in [-0.1, -0.05) is 11.6 Å². The van der Waals surface area contributed by atoms with Crippen LogP contribution >= 0.6 is 22.9 Å². The number of benzene rings is 1. The molecule has 1 N–H and O–H groups in total. The largest absolute Gasteiger partial charge is 0.388 e. The van der Waals surface area contributed by atoms with E-state index in [9.17, 15) is 27.9 Å². The molecule has 1 aliphatic carbocycles. The summed E-state index contributed by atoms with van der Waals surface area (Å²) in [7, 11) is 0. The van der Waals surface area contributed by atoms with Crippen LogP contribution in [0.15, 0.2) is 40.9 Å². The third-order valence-corrected chi connectivity index (χ3v) is 9.46. The Hall–Kier alpha value is -3.22. The van der Waals surface area contributed by atoms with Crippen LogP contribution in [-0.4, -0.2) is 60.4 Å². The third kappa shape index (κ3) is 5.40. The summed E-state index contributed by atoms with van der Waals surface area (Å²) in [4.78, 5) is 33.0. The number of halogens is 4. The number of carbonyl (C=O) groups is 1. The SMILES string of the molecule is O=C(CC(C(F)F)n1ccc(F)n1)N1CCC(O)(Cn2cnc3c(-c4cc(Cl)c5c(c4)CCC5)scc3c2=O)CC1. The third-order valence-electron chi connectivity index (χ3n) is 8.11. The molecule has 0 bridgehead atoms. The van der Waals surface area contributed by atoms with Gasteiger partial charge >= 0.3 is 0 Å². The van der Waals surface area contributed by atoms with Gasteiger partial charge in [0.2, 0.25) is 11.9 Å².